The van der Waals surface area contributed by atoms with Crippen molar-refractivity contribution < 1.29 is 9.47 Å². The number of hydrogen-bond acceptors (Lipinski definition) is 3. The molecule has 2 unspecified atom stereocenters. The summed E-state index contributed by atoms with van der Waals surface area (Å²) in [6, 6.07) is 30.0. The van der Waals surface area contributed by atoms with Gasteiger partial charge >= 0.3 is 0 Å². The number of ether oxygens (including phenoxy) is 2. The summed E-state index contributed by atoms with van der Waals surface area (Å²) in [5.41, 5.74) is 3.75. The highest BCUT2D eigenvalue weighted by Crippen LogP contribution is 2.32. The Balaban J connectivity index is 1.45. The van der Waals surface area contributed by atoms with Gasteiger partial charge in [-0.15, -0.1) is 0 Å². The Morgan fingerprint density at radius 2 is 1.60 bits per heavy atom. The Bertz CT molecular complexity index is 858. The number of piperidine rings is 1. The van der Waals surface area contributed by atoms with Crippen LogP contribution in [0.15, 0.2) is 84.9 Å². The minimum atomic E-state index is -0.0359. The molecule has 0 spiro atoms. The fourth-order valence-electron chi connectivity index (χ4n) is 4.48. The van der Waals surface area contributed by atoms with Crippen molar-refractivity contribution in [2.45, 2.75) is 37.3 Å². The van der Waals surface area contributed by atoms with Crippen molar-refractivity contribution in [1.82, 2.24) is 5.32 Å². The largest absolute Gasteiger partial charge is 0.497 e. The van der Waals surface area contributed by atoms with Gasteiger partial charge in [-0.2, -0.15) is 0 Å². The number of hydrogen-bond donors (Lipinski definition) is 1. The van der Waals surface area contributed by atoms with Gasteiger partial charge in [-0.1, -0.05) is 72.8 Å². The Labute approximate surface area is 180 Å². The summed E-state index contributed by atoms with van der Waals surface area (Å²) in [5, 5.41) is 3.74. The Morgan fingerprint density at radius 3 is 2.27 bits per heavy atom. The predicted octanol–water partition coefficient (Wildman–Crippen LogP) is 5.73. The third-order valence-electron chi connectivity index (χ3n) is 6.02. The average molecular weight is 402 g/mol. The first kappa shape index (κ1) is 20.6. The number of benzene rings is 3. The molecule has 3 nitrogen and oxygen atoms in total. The van der Waals surface area contributed by atoms with Crippen LogP contribution in [0.1, 0.15) is 48.0 Å². The minimum absolute atomic E-state index is 0.0359. The van der Waals surface area contributed by atoms with Gasteiger partial charge in [0.1, 0.15) is 11.9 Å². The number of methoxy groups -OCH3 is 1. The van der Waals surface area contributed by atoms with Crippen LogP contribution < -0.4 is 10.1 Å². The summed E-state index contributed by atoms with van der Waals surface area (Å²) in [7, 11) is 1.73. The predicted molar refractivity (Wildman–Crippen MR) is 122 cm³/mol. The van der Waals surface area contributed by atoms with Crippen molar-refractivity contribution in [3.63, 3.8) is 0 Å². The normalized spacial score (nSPS) is 19.0. The van der Waals surface area contributed by atoms with Crippen LogP contribution in [-0.2, 0) is 4.74 Å². The van der Waals surface area contributed by atoms with Gasteiger partial charge in [-0.3, -0.25) is 0 Å². The van der Waals surface area contributed by atoms with Crippen LogP contribution in [0.2, 0.25) is 0 Å². The molecule has 2 atom stereocenters. The second kappa shape index (κ2) is 10.4. The van der Waals surface area contributed by atoms with E-state index in [1.54, 1.807) is 7.11 Å². The van der Waals surface area contributed by atoms with Crippen LogP contribution in [0.4, 0.5) is 0 Å². The van der Waals surface area contributed by atoms with E-state index in [1.807, 2.05) is 6.07 Å². The molecule has 1 aliphatic rings. The summed E-state index contributed by atoms with van der Waals surface area (Å²) >= 11 is 0. The van der Waals surface area contributed by atoms with Crippen molar-refractivity contribution in [3.8, 4) is 5.75 Å². The summed E-state index contributed by atoms with van der Waals surface area (Å²) in [4.78, 5) is 0. The lowest BCUT2D eigenvalue weighted by Crippen LogP contribution is -2.40. The second-order valence-electron chi connectivity index (χ2n) is 7.95. The zero-order chi connectivity index (χ0) is 20.6. The van der Waals surface area contributed by atoms with E-state index in [9.17, 15) is 0 Å². The SMILES string of the molecule is COc1cccc(C2CCCNC2CCOC(c2ccccc2)c2ccccc2)c1. The molecule has 1 saturated heterocycles. The first-order chi connectivity index (χ1) is 14.8. The van der Waals surface area contributed by atoms with Crippen LogP contribution in [0.5, 0.6) is 5.75 Å². The third-order valence-corrected chi connectivity index (χ3v) is 6.02. The fraction of sp³-hybridized carbons (Fsp3) is 0.333. The van der Waals surface area contributed by atoms with Crippen molar-refractivity contribution in [2.24, 2.45) is 0 Å². The molecular formula is C27H31NO2. The standard InChI is InChI=1S/C27H31NO2/c1-29-24-15-8-14-23(20-24)25-16-9-18-28-26(25)17-19-30-27(21-10-4-2-5-11-21)22-12-6-3-7-13-22/h2-8,10-15,20,25-28H,9,16-19H2,1H3. The summed E-state index contributed by atoms with van der Waals surface area (Å²) in [6.07, 6.45) is 3.35. The van der Waals surface area contributed by atoms with Crippen molar-refractivity contribution in [1.29, 1.82) is 0 Å². The molecule has 1 aliphatic heterocycles. The van der Waals surface area contributed by atoms with Gasteiger partial charge in [0, 0.05) is 12.6 Å². The van der Waals surface area contributed by atoms with E-state index in [4.69, 9.17) is 9.47 Å². The molecule has 0 aromatic heterocycles. The van der Waals surface area contributed by atoms with Crippen LogP contribution >= 0.6 is 0 Å². The van der Waals surface area contributed by atoms with Crippen molar-refractivity contribution in [3.05, 3.63) is 102 Å². The number of rotatable bonds is 8. The zero-order valence-electron chi connectivity index (χ0n) is 17.7. The lowest BCUT2D eigenvalue weighted by atomic mass is 9.83. The Hall–Kier alpha value is -2.62. The summed E-state index contributed by atoms with van der Waals surface area (Å²) in [6.45, 7) is 1.79. The molecule has 1 heterocycles. The maximum atomic E-state index is 6.48. The number of nitrogens with one attached hydrogen (secondary N) is 1. The molecule has 3 heteroatoms. The lowest BCUT2D eigenvalue weighted by molar-refractivity contribution is 0.0688. The van der Waals surface area contributed by atoms with Gasteiger partial charge in [0.15, 0.2) is 0 Å². The van der Waals surface area contributed by atoms with Crippen molar-refractivity contribution >= 4 is 0 Å². The highest BCUT2D eigenvalue weighted by Gasteiger charge is 2.27. The molecule has 3 aromatic carbocycles. The molecule has 156 valence electrons. The molecule has 1 fully saturated rings. The molecule has 1 N–H and O–H groups in total. The molecule has 0 aliphatic carbocycles. The van der Waals surface area contributed by atoms with E-state index in [0.29, 0.717) is 18.6 Å². The summed E-state index contributed by atoms with van der Waals surface area (Å²) < 4.78 is 11.9. The Kier molecular flexibility index (Phi) is 7.17. The topological polar surface area (TPSA) is 30.5 Å². The monoisotopic (exact) mass is 401 g/mol. The third kappa shape index (κ3) is 5.10. The highest BCUT2D eigenvalue weighted by atomic mass is 16.5. The van der Waals surface area contributed by atoms with Crippen molar-refractivity contribution in [2.75, 3.05) is 20.3 Å². The van der Waals surface area contributed by atoms with Crippen LogP contribution in [0, 0.1) is 0 Å². The smallest absolute Gasteiger partial charge is 0.119 e. The maximum absolute atomic E-state index is 6.48. The maximum Gasteiger partial charge on any atom is 0.119 e. The van der Waals surface area contributed by atoms with E-state index < -0.39 is 0 Å². The molecule has 0 amide bonds. The van der Waals surface area contributed by atoms with Crippen LogP contribution in [0.3, 0.4) is 0 Å². The second-order valence-corrected chi connectivity index (χ2v) is 7.95. The van der Waals surface area contributed by atoms with E-state index in [-0.39, 0.29) is 6.10 Å². The van der Waals surface area contributed by atoms with E-state index in [2.05, 4.69) is 84.2 Å². The van der Waals surface area contributed by atoms with Gasteiger partial charge in [0.25, 0.3) is 0 Å². The van der Waals surface area contributed by atoms with Crippen LogP contribution in [-0.4, -0.2) is 26.3 Å². The quantitative estimate of drug-likeness (QED) is 0.523. The molecule has 30 heavy (non-hydrogen) atoms. The van der Waals surface area contributed by atoms with Gasteiger partial charge in [0.2, 0.25) is 0 Å². The zero-order valence-corrected chi connectivity index (χ0v) is 17.7. The molecular weight excluding hydrogens is 370 g/mol. The molecule has 3 aromatic rings. The molecule has 0 bridgehead atoms. The fourth-order valence-corrected chi connectivity index (χ4v) is 4.48. The minimum Gasteiger partial charge on any atom is -0.497 e. The van der Waals surface area contributed by atoms with E-state index >= 15 is 0 Å². The lowest BCUT2D eigenvalue weighted by Gasteiger charge is -2.33. The first-order valence-corrected chi connectivity index (χ1v) is 10.9. The molecule has 0 radical (unpaired) electrons. The van der Waals surface area contributed by atoms with Gasteiger partial charge in [-0.25, -0.2) is 0 Å². The van der Waals surface area contributed by atoms with Crippen LogP contribution in [0.25, 0.3) is 0 Å². The average Bonchev–Trinajstić information content (AvgIpc) is 2.83. The molecule has 0 saturated carbocycles. The first-order valence-electron chi connectivity index (χ1n) is 10.9. The molecule has 4 rings (SSSR count). The van der Waals surface area contributed by atoms with E-state index in [0.717, 1.165) is 18.7 Å². The van der Waals surface area contributed by atoms with Gasteiger partial charge in [-0.05, 0) is 60.5 Å². The highest BCUT2D eigenvalue weighted by molar-refractivity contribution is 5.32. The van der Waals surface area contributed by atoms with Gasteiger partial charge in [0.05, 0.1) is 7.11 Å². The van der Waals surface area contributed by atoms with E-state index in [1.165, 1.54) is 29.5 Å². The van der Waals surface area contributed by atoms with Gasteiger partial charge < -0.3 is 14.8 Å². The summed E-state index contributed by atoms with van der Waals surface area (Å²) in [5.74, 6) is 1.42. The Morgan fingerprint density at radius 1 is 0.900 bits per heavy atom.